The van der Waals surface area contributed by atoms with E-state index in [1.165, 1.54) is 31.1 Å². The fourth-order valence-corrected chi connectivity index (χ4v) is 9.53. The second-order valence-corrected chi connectivity index (χ2v) is 19.0. The summed E-state index contributed by atoms with van der Waals surface area (Å²) in [4.78, 5) is 56.7. The molecule has 3 rings (SSSR count). The molecule has 1 aromatic carbocycles. The fourth-order valence-electron chi connectivity index (χ4n) is 6.79. The second-order valence-electron chi connectivity index (χ2n) is 15.5. The highest BCUT2D eigenvalue weighted by Crippen LogP contribution is 2.49. The zero-order valence-electron chi connectivity index (χ0n) is 35.0. The van der Waals surface area contributed by atoms with Crippen molar-refractivity contribution in [3.63, 3.8) is 0 Å². The van der Waals surface area contributed by atoms with Gasteiger partial charge in [-0.05, 0) is 71.1 Å². The molecule has 0 aliphatic carbocycles. The number of hydrogen-bond donors (Lipinski definition) is 3. The number of nitrogens with zero attached hydrogens (tertiary/aromatic N) is 2. The lowest BCUT2D eigenvalue weighted by atomic mass is 9.84. The van der Waals surface area contributed by atoms with Gasteiger partial charge in [0, 0.05) is 51.1 Å². The van der Waals surface area contributed by atoms with Crippen molar-refractivity contribution < 1.29 is 48.0 Å². The lowest BCUT2D eigenvalue weighted by molar-refractivity contribution is -0.162. The molecule has 57 heavy (non-hydrogen) atoms. The average molecular weight is 858 g/mol. The highest BCUT2D eigenvalue weighted by Gasteiger charge is 2.63. The summed E-state index contributed by atoms with van der Waals surface area (Å²) in [5.74, 6) is -0.706. The number of aliphatic hydroxyl groups is 1. The molecule has 17 heteroatoms. The second kappa shape index (κ2) is 20.8. The quantitative estimate of drug-likeness (QED) is 0.0728. The van der Waals surface area contributed by atoms with Gasteiger partial charge in [-0.3, -0.25) is 14.9 Å². The van der Waals surface area contributed by atoms with Crippen molar-refractivity contribution >= 4 is 62.8 Å². The number of alkyl carbamates (subject to hydrolysis) is 1. The Hall–Kier alpha value is -2.99. The molecule has 2 bridgehead atoms. The maximum absolute atomic E-state index is 14.2. The minimum atomic E-state index is -1.97. The number of allylic oxidation sites excluding steroid dienone is 3. The number of likely N-dealkylation sites (N-methyl/N-ethyl adjacent to an activating group) is 1. The third kappa shape index (κ3) is 12.8. The molecule has 1 fully saturated rings. The topological polar surface area (TPSA) is 182 Å². The number of esters is 1. The van der Waals surface area contributed by atoms with Crippen LogP contribution >= 0.6 is 33.2 Å². The molecular weight excluding hydrogens is 796 g/mol. The number of carbonyl (C=O) groups is 4. The number of anilines is 1. The molecule has 7 atom stereocenters. The number of epoxide rings is 1. The van der Waals surface area contributed by atoms with Crippen molar-refractivity contribution in [2.75, 3.05) is 52.6 Å². The van der Waals surface area contributed by atoms with Crippen molar-refractivity contribution in [1.29, 1.82) is 0 Å². The van der Waals surface area contributed by atoms with Crippen LogP contribution in [0, 0.1) is 5.92 Å². The van der Waals surface area contributed by atoms with Crippen LogP contribution < -0.4 is 20.7 Å². The van der Waals surface area contributed by atoms with Crippen molar-refractivity contribution in [3.8, 4) is 5.75 Å². The van der Waals surface area contributed by atoms with Crippen LogP contribution in [0.5, 0.6) is 5.75 Å². The van der Waals surface area contributed by atoms with Crippen LogP contribution in [0.2, 0.25) is 5.02 Å². The molecule has 0 saturated carbocycles. The summed E-state index contributed by atoms with van der Waals surface area (Å²) in [5, 5.41) is 14.8. The molecule has 1 saturated heterocycles. The number of halogens is 1. The van der Waals surface area contributed by atoms with Gasteiger partial charge in [-0.15, -0.1) is 0 Å². The summed E-state index contributed by atoms with van der Waals surface area (Å²) in [6.45, 7) is 11.7. The third-order valence-corrected chi connectivity index (χ3v) is 14.2. The zero-order chi connectivity index (χ0) is 42.9. The van der Waals surface area contributed by atoms with Gasteiger partial charge in [0.05, 0.1) is 32.4 Å². The summed E-state index contributed by atoms with van der Waals surface area (Å²) in [6.07, 6.45) is 2.37. The van der Waals surface area contributed by atoms with E-state index in [-0.39, 0.29) is 34.9 Å². The number of rotatable bonds is 13. The molecule has 3 amide bonds. The van der Waals surface area contributed by atoms with E-state index < -0.39 is 59.6 Å². The molecule has 2 aliphatic rings. The lowest BCUT2D eigenvalue weighted by Crippen LogP contribution is -2.58. The van der Waals surface area contributed by atoms with E-state index in [2.05, 4.69) is 19.2 Å². The molecule has 2 heterocycles. The molecule has 1 unspecified atom stereocenters. The maximum Gasteiger partial charge on any atom is 0.409 e. The van der Waals surface area contributed by atoms with Crippen LogP contribution in [0.3, 0.4) is 0 Å². The molecule has 1 aromatic rings. The highest BCUT2D eigenvalue weighted by atomic mass is 35.5. The first kappa shape index (κ1) is 48.4. The smallest absolute Gasteiger partial charge is 0.409 e. The van der Waals surface area contributed by atoms with Gasteiger partial charge in [-0.2, -0.15) is 0 Å². The van der Waals surface area contributed by atoms with E-state index in [9.17, 15) is 24.3 Å². The number of ether oxygens (including phenoxy) is 5. The number of benzene rings is 1. The number of hydrogen-bond acceptors (Lipinski definition) is 13. The van der Waals surface area contributed by atoms with E-state index in [4.69, 9.17) is 41.0 Å². The van der Waals surface area contributed by atoms with E-state index >= 15 is 0 Å². The lowest BCUT2D eigenvalue weighted by Gasteiger charge is -2.36. The SMILES string of the molecule is COC(=O)N[C@]1(O)C[C@@H](C)[C@@H]2OC2(C)[C@@H](OC(=O)[C@H](C)N(C)C(=O)CCC(C)(C)SSCCN)CC(=O)N(C)c2cc(cc(OC)c2Cl)C/C(C)=C/C=C/[C@H]1OC. The molecule has 320 valence electrons. The average Bonchev–Trinajstić information content (AvgIpc) is 3.86. The van der Waals surface area contributed by atoms with Gasteiger partial charge in [-0.25, -0.2) is 9.59 Å². The summed E-state index contributed by atoms with van der Waals surface area (Å²) in [5.41, 5.74) is 4.56. The van der Waals surface area contributed by atoms with Gasteiger partial charge in [0.25, 0.3) is 0 Å². The van der Waals surface area contributed by atoms with Gasteiger partial charge in [0.2, 0.25) is 11.8 Å². The third-order valence-electron chi connectivity index (χ3n) is 10.5. The Bertz CT molecular complexity index is 1660. The number of nitrogens with one attached hydrogen (secondary N) is 1. The van der Waals surface area contributed by atoms with Crippen LogP contribution in [0.25, 0.3) is 0 Å². The van der Waals surface area contributed by atoms with Gasteiger partial charge >= 0.3 is 12.1 Å². The van der Waals surface area contributed by atoms with Crippen LogP contribution in [0.4, 0.5) is 10.5 Å². The van der Waals surface area contributed by atoms with Crippen molar-refractivity contribution in [1.82, 2.24) is 10.2 Å². The molecular formula is C40H61ClN4O10S2. The Labute approximate surface area is 350 Å². The molecule has 14 nitrogen and oxygen atoms in total. The number of amides is 3. The summed E-state index contributed by atoms with van der Waals surface area (Å²) < 4.78 is 28.3. The first-order chi connectivity index (χ1) is 26.7. The van der Waals surface area contributed by atoms with Crippen molar-refractivity contribution in [3.05, 3.63) is 46.5 Å². The Morgan fingerprint density at radius 2 is 1.93 bits per heavy atom. The Morgan fingerprint density at radius 3 is 2.54 bits per heavy atom. The standard InChI is InChI=1S/C40H61ClN4O10S2/c1-24-13-12-14-30(52-10)40(50,43-37(49)53-11)23-25(2)35-39(6,55-35)31(22-33(47)45(8)28-20-27(19-24)21-29(51-9)34(28)41)54-36(48)26(3)44(7)32(46)15-16-38(4,5)57-56-18-17-42/h12-14,20-21,25-26,30-31,35,50H,15-19,22-23,42H2,1-11H3,(H,43,49)/b14-12+,24-13+/t25-,26+,30-,31+,35+,39?,40+/m1/s1. The summed E-state index contributed by atoms with van der Waals surface area (Å²) in [6, 6.07) is 2.59. The highest BCUT2D eigenvalue weighted by molar-refractivity contribution is 8.77. The molecule has 2 aliphatic heterocycles. The number of fused-ring (bicyclic) bond motifs is 3. The summed E-state index contributed by atoms with van der Waals surface area (Å²) in [7, 11) is 10.6. The van der Waals surface area contributed by atoms with Gasteiger partial charge in [-0.1, -0.05) is 63.9 Å². The summed E-state index contributed by atoms with van der Waals surface area (Å²) >= 11 is 6.77. The zero-order valence-corrected chi connectivity index (χ0v) is 37.4. The fraction of sp³-hybridized carbons (Fsp3) is 0.650. The van der Waals surface area contributed by atoms with Gasteiger partial charge in [0.15, 0.2) is 5.72 Å². The van der Waals surface area contributed by atoms with Crippen LogP contribution in [-0.2, 0) is 39.8 Å². The largest absolute Gasteiger partial charge is 0.495 e. The molecule has 0 aromatic heterocycles. The Morgan fingerprint density at radius 1 is 1.25 bits per heavy atom. The van der Waals surface area contributed by atoms with E-state index in [1.54, 1.807) is 73.8 Å². The van der Waals surface area contributed by atoms with Crippen molar-refractivity contribution in [2.45, 2.75) is 114 Å². The predicted octanol–water partition coefficient (Wildman–Crippen LogP) is 5.66. The number of carbonyl (C=O) groups excluding carboxylic acids is 4. The molecule has 0 radical (unpaired) electrons. The first-order valence-electron chi connectivity index (χ1n) is 18.9. The van der Waals surface area contributed by atoms with E-state index in [0.29, 0.717) is 30.8 Å². The Kier molecular flexibility index (Phi) is 17.7. The maximum atomic E-state index is 14.2. The first-order valence-corrected chi connectivity index (χ1v) is 21.6. The monoisotopic (exact) mass is 856 g/mol. The van der Waals surface area contributed by atoms with Crippen LogP contribution in [0.1, 0.15) is 72.8 Å². The molecule has 4 N–H and O–H groups in total. The Balaban J connectivity index is 2.02. The van der Waals surface area contributed by atoms with Crippen LogP contribution in [-0.4, -0.2) is 122 Å². The van der Waals surface area contributed by atoms with Gasteiger partial charge in [0.1, 0.15) is 34.6 Å². The normalized spacial score (nSPS) is 27.7. The van der Waals surface area contributed by atoms with E-state index in [0.717, 1.165) is 16.9 Å². The van der Waals surface area contributed by atoms with Crippen LogP contribution in [0.15, 0.2) is 35.9 Å². The van der Waals surface area contributed by atoms with Gasteiger partial charge < -0.3 is 44.3 Å². The molecule has 0 spiro atoms. The minimum absolute atomic E-state index is 0.0740. The number of nitrogens with two attached hydrogens (primary N) is 1. The van der Waals surface area contributed by atoms with Crippen molar-refractivity contribution in [2.24, 2.45) is 11.7 Å². The predicted molar refractivity (Wildman–Crippen MR) is 226 cm³/mol. The number of methoxy groups -OCH3 is 3. The van der Waals surface area contributed by atoms with E-state index in [1.807, 2.05) is 19.9 Å². The minimum Gasteiger partial charge on any atom is -0.495 e.